The zero-order valence-electron chi connectivity index (χ0n) is 11.6. The van der Waals surface area contributed by atoms with Crippen LogP contribution >= 0.6 is 15.9 Å². The number of benzene rings is 1. The quantitative estimate of drug-likeness (QED) is 0.570. The molecule has 0 aliphatic carbocycles. The Bertz CT molecular complexity index is 438. The molecule has 1 rings (SSSR count). The topological polar surface area (TPSA) is 49.6 Å². The molecular weight excluding hydrogens is 310 g/mol. The van der Waals surface area contributed by atoms with Gasteiger partial charge in [0.25, 0.3) is 5.69 Å². The summed E-state index contributed by atoms with van der Waals surface area (Å²) in [5, 5.41) is 10.9. The molecule has 106 valence electrons. The normalized spacial score (nSPS) is 11.3. The van der Waals surface area contributed by atoms with E-state index in [-0.39, 0.29) is 10.6 Å². The van der Waals surface area contributed by atoms with Crippen molar-refractivity contribution >= 4 is 21.6 Å². The van der Waals surface area contributed by atoms with E-state index < -0.39 is 0 Å². The van der Waals surface area contributed by atoms with Gasteiger partial charge in [0.2, 0.25) is 0 Å². The van der Waals surface area contributed by atoms with Crippen molar-refractivity contribution in [2.75, 3.05) is 34.2 Å². The van der Waals surface area contributed by atoms with Crippen molar-refractivity contribution < 1.29 is 4.92 Å². The van der Waals surface area contributed by atoms with Gasteiger partial charge in [0.15, 0.2) is 0 Å². The Morgan fingerprint density at radius 1 is 1.26 bits per heavy atom. The van der Waals surface area contributed by atoms with Crippen LogP contribution in [0.5, 0.6) is 0 Å². The summed E-state index contributed by atoms with van der Waals surface area (Å²) in [6.45, 7) is 2.74. The molecule has 0 fully saturated rings. The predicted octanol–water partition coefficient (Wildman–Crippen LogP) is 2.74. The maximum absolute atomic E-state index is 10.9. The van der Waals surface area contributed by atoms with Gasteiger partial charge in [0.05, 0.1) is 9.40 Å². The second-order valence-corrected chi connectivity index (χ2v) is 5.79. The molecule has 0 saturated heterocycles. The van der Waals surface area contributed by atoms with E-state index in [1.165, 1.54) is 0 Å². The SMILES string of the molecule is CN(C)CCCN(C)Cc1ccc(Br)c([N+](=O)[O-])c1. The summed E-state index contributed by atoms with van der Waals surface area (Å²) in [5.41, 5.74) is 1.08. The van der Waals surface area contributed by atoms with Gasteiger partial charge < -0.3 is 9.80 Å². The molecule has 0 radical (unpaired) electrons. The first-order valence-corrected chi connectivity index (χ1v) is 6.95. The van der Waals surface area contributed by atoms with Crippen LogP contribution in [0, 0.1) is 10.1 Å². The van der Waals surface area contributed by atoms with Crippen molar-refractivity contribution in [3.8, 4) is 0 Å². The first kappa shape index (κ1) is 16.1. The number of nitrogens with zero attached hydrogens (tertiary/aromatic N) is 3. The highest BCUT2D eigenvalue weighted by atomic mass is 79.9. The van der Waals surface area contributed by atoms with Gasteiger partial charge in [-0.1, -0.05) is 6.07 Å². The van der Waals surface area contributed by atoms with E-state index in [0.717, 1.165) is 31.6 Å². The van der Waals surface area contributed by atoms with Gasteiger partial charge in [-0.2, -0.15) is 0 Å². The summed E-state index contributed by atoms with van der Waals surface area (Å²) in [6.07, 6.45) is 1.09. The molecule has 0 aliphatic heterocycles. The van der Waals surface area contributed by atoms with Crippen LogP contribution < -0.4 is 0 Å². The van der Waals surface area contributed by atoms with Gasteiger partial charge in [0.1, 0.15) is 0 Å². The first-order valence-electron chi connectivity index (χ1n) is 6.16. The lowest BCUT2D eigenvalue weighted by Gasteiger charge is -2.18. The molecule has 1 aromatic rings. The van der Waals surface area contributed by atoms with Gasteiger partial charge >= 0.3 is 0 Å². The lowest BCUT2D eigenvalue weighted by atomic mass is 10.2. The van der Waals surface area contributed by atoms with Crippen LogP contribution in [0.25, 0.3) is 0 Å². The number of nitro groups is 1. The van der Waals surface area contributed by atoms with Crippen molar-refractivity contribution in [1.29, 1.82) is 0 Å². The molecule has 0 bridgehead atoms. The molecule has 0 N–H and O–H groups in total. The molecule has 0 atom stereocenters. The predicted molar refractivity (Wildman–Crippen MR) is 80.3 cm³/mol. The Hall–Kier alpha value is -0.980. The standard InChI is InChI=1S/C13H20BrN3O2/c1-15(2)7-4-8-16(3)10-11-5-6-12(14)13(9-11)17(18)19/h5-6,9H,4,7-8,10H2,1-3H3. The zero-order chi connectivity index (χ0) is 14.4. The van der Waals surface area contributed by atoms with Crippen LogP contribution in [-0.2, 0) is 6.54 Å². The lowest BCUT2D eigenvalue weighted by Crippen LogP contribution is -2.23. The Balaban J connectivity index is 2.57. The molecule has 19 heavy (non-hydrogen) atoms. The largest absolute Gasteiger partial charge is 0.309 e. The van der Waals surface area contributed by atoms with Crippen molar-refractivity contribution in [3.05, 3.63) is 38.3 Å². The molecular formula is C13H20BrN3O2. The summed E-state index contributed by atoms with van der Waals surface area (Å²) < 4.78 is 0.525. The second kappa shape index (κ2) is 7.57. The lowest BCUT2D eigenvalue weighted by molar-refractivity contribution is -0.385. The van der Waals surface area contributed by atoms with E-state index in [0.29, 0.717) is 4.47 Å². The van der Waals surface area contributed by atoms with E-state index in [1.54, 1.807) is 12.1 Å². The van der Waals surface area contributed by atoms with Crippen molar-refractivity contribution in [3.63, 3.8) is 0 Å². The summed E-state index contributed by atoms with van der Waals surface area (Å²) in [5.74, 6) is 0. The maximum Gasteiger partial charge on any atom is 0.283 e. The average Bonchev–Trinajstić information content (AvgIpc) is 2.30. The van der Waals surface area contributed by atoms with E-state index in [2.05, 4.69) is 39.8 Å². The fourth-order valence-corrected chi connectivity index (χ4v) is 2.24. The van der Waals surface area contributed by atoms with Gasteiger partial charge in [-0.05, 0) is 68.2 Å². The Morgan fingerprint density at radius 3 is 2.53 bits per heavy atom. The summed E-state index contributed by atoms with van der Waals surface area (Å²) in [7, 11) is 6.14. The highest BCUT2D eigenvalue weighted by Crippen LogP contribution is 2.26. The number of halogens is 1. The molecule has 0 heterocycles. The minimum Gasteiger partial charge on any atom is -0.309 e. The molecule has 0 spiro atoms. The molecule has 5 nitrogen and oxygen atoms in total. The fourth-order valence-electron chi connectivity index (χ4n) is 1.84. The molecule has 0 aliphatic rings. The monoisotopic (exact) mass is 329 g/mol. The number of hydrogen-bond acceptors (Lipinski definition) is 4. The number of rotatable bonds is 7. The average molecular weight is 330 g/mol. The minimum absolute atomic E-state index is 0.124. The summed E-state index contributed by atoms with van der Waals surface area (Å²) >= 11 is 3.19. The van der Waals surface area contributed by atoms with E-state index in [4.69, 9.17) is 0 Å². The highest BCUT2D eigenvalue weighted by Gasteiger charge is 2.12. The van der Waals surface area contributed by atoms with Crippen molar-refractivity contribution in [2.24, 2.45) is 0 Å². The van der Waals surface area contributed by atoms with Crippen LogP contribution in [0.3, 0.4) is 0 Å². The van der Waals surface area contributed by atoms with Gasteiger partial charge in [-0.25, -0.2) is 0 Å². The highest BCUT2D eigenvalue weighted by molar-refractivity contribution is 9.10. The minimum atomic E-state index is -0.361. The van der Waals surface area contributed by atoms with Crippen molar-refractivity contribution in [2.45, 2.75) is 13.0 Å². The molecule has 0 amide bonds. The van der Waals surface area contributed by atoms with E-state index in [9.17, 15) is 10.1 Å². The third kappa shape index (κ3) is 5.67. The molecule has 1 aromatic carbocycles. The molecule has 0 unspecified atom stereocenters. The van der Waals surface area contributed by atoms with Crippen LogP contribution in [0.15, 0.2) is 22.7 Å². The smallest absolute Gasteiger partial charge is 0.283 e. The molecule has 0 aromatic heterocycles. The Morgan fingerprint density at radius 2 is 1.95 bits per heavy atom. The zero-order valence-corrected chi connectivity index (χ0v) is 13.2. The molecule has 0 saturated carbocycles. The van der Waals surface area contributed by atoms with E-state index in [1.807, 2.05) is 13.1 Å². The third-order valence-electron chi connectivity index (χ3n) is 2.80. The van der Waals surface area contributed by atoms with Crippen molar-refractivity contribution in [1.82, 2.24) is 9.80 Å². The van der Waals surface area contributed by atoms with Crippen LogP contribution in [0.2, 0.25) is 0 Å². The first-order chi connectivity index (χ1) is 8.90. The third-order valence-corrected chi connectivity index (χ3v) is 3.48. The number of hydrogen-bond donors (Lipinski definition) is 0. The van der Waals surface area contributed by atoms with Gasteiger partial charge in [0, 0.05) is 12.6 Å². The molecule has 6 heteroatoms. The van der Waals surface area contributed by atoms with Crippen LogP contribution in [0.1, 0.15) is 12.0 Å². The van der Waals surface area contributed by atoms with Crippen LogP contribution in [-0.4, -0.2) is 49.0 Å². The van der Waals surface area contributed by atoms with Crippen LogP contribution in [0.4, 0.5) is 5.69 Å². The fraction of sp³-hybridized carbons (Fsp3) is 0.538. The van der Waals surface area contributed by atoms with Gasteiger partial charge in [-0.3, -0.25) is 10.1 Å². The van der Waals surface area contributed by atoms with Gasteiger partial charge in [-0.15, -0.1) is 0 Å². The second-order valence-electron chi connectivity index (χ2n) is 4.94. The summed E-state index contributed by atoms with van der Waals surface area (Å²) in [6, 6.07) is 5.28. The summed E-state index contributed by atoms with van der Waals surface area (Å²) in [4.78, 5) is 14.8. The Labute approximate surface area is 122 Å². The Kier molecular flexibility index (Phi) is 6.41. The number of nitro benzene ring substituents is 1. The van der Waals surface area contributed by atoms with E-state index >= 15 is 0 Å². The maximum atomic E-state index is 10.9.